The summed E-state index contributed by atoms with van der Waals surface area (Å²) in [6, 6.07) is 4.78. The maximum Gasteiger partial charge on any atom is 0.322 e. The van der Waals surface area contributed by atoms with Gasteiger partial charge in [-0.25, -0.2) is 4.79 Å². The summed E-state index contributed by atoms with van der Waals surface area (Å²) in [5.41, 5.74) is 4.57. The van der Waals surface area contributed by atoms with Gasteiger partial charge in [0.15, 0.2) is 0 Å². The van der Waals surface area contributed by atoms with Crippen molar-refractivity contribution in [1.82, 2.24) is 9.88 Å². The zero-order chi connectivity index (χ0) is 24.8. The monoisotopic (exact) mass is 482 g/mol. The lowest BCUT2D eigenvalue weighted by molar-refractivity contribution is -0.385. The van der Waals surface area contributed by atoms with Gasteiger partial charge in [0.05, 0.1) is 27.2 Å². The molecule has 1 unspecified atom stereocenters. The molecule has 0 radical (unpaired) electrons. The molecule has 3 rings (SSSR count). The van der Waals surface area contributed by atoms with Crippen LogP contribution in [0.1, 0.15) is 56.0 Å². The van der Waals surface area contributed by atoms with Crippen LogP contribution in [0.4, 0.5) is 16.2 Å². The normalized spacial score (nSPS) is 15.1. The average Bonchev–Trinajstić information content (AvgIpc) is 2.83. The first-order valence-corrected chi connectivity index (χ1v) is 12.0. The summed E-state index contributed by atoms with van der Waals surface area (Å²) in [5.74, 6) is 0. The predicted octanol–water partition coefficient (Wildman–Crippen LogP) is 6.78. The van der Waals surface area contributed by atoms with Crippen molar-refractivity contribution >= 4 is 29.0 Å². The van der Waals surface area contributed by atoms with E-state index in [0.29, 0.717) is 42.6 Å². The van der Waals surface area contributed by atoms with Crippen LogP contribution in [0.15, 0.2) is 48.2 Å². The number of hydrogen-bond acceptors (Lipinski definition) is 4. The molecule has 0 saturated carbocycles. The first-order chi connectivity index (χ1) is 16.3. The van der Waals surface area contributed by atoms with Crippen molar-refractivity contribution in [1.29, 1.82) is 0 Å². The van der Waals surface area contributed by atoms with Gasteiger partial charge in [0.2, 0.25) is 0 Å². The van der Waals surface area contributed by atoms with Crippen LogP contribution in [0.2, 0.25) is 5.02 Å². The number of anilines is 1. The Balaban J connectivity index is 2.00. The molecule has 34 heavy (non-hydrogen) atoms. The topological polar surface area (TPSA) is 88.4 Å². The number of rotatable bonds is 8. The quantitative estimate of drug-likeness (QED) is 0.332. The van der Waals surface area contributed by atoms with Crippen LogP contribution in [0.3, 0.4) is 0 Å². The van der Waals surface area contributed by atoms with Gasteiger partial charge in [-0.15, -0.1) is 0 Å². The Labute approximate surface area is 205 Å². The van der Waals surface area contributed by atoms with E-state index < -0.39 is 4.92 Å². The molecule has 180 valence electrons. The van der Waals surface area contributed by atoms with Crippen LogP contribution in [0.25, 0.3) is 0 Å². The summed E-state index contributed by atoms with van der Waals surface area (Å²) in [6.07, 6.45) is 10.6. The average molecular weight is 483 g/mol. The maximum atomic E-state index is 13.7. The van der Waals surface area contributed by atoms with Crippen molar-refractivity contribution in [3.8, 4) is 0 Å². The number of pyridine rings is 1. The number of nitrogens with one attached hydrogen (secondary N) is 1. The molecular weight excluding hydrogens is 452 g/mol. The molecule has 2 aromatic rings. The Morgan fingerprint density at radius 2 is 1.97 bits per heavy atom. The van der Waals surface area contributed by atoms with Crippen molar-refractivity contribution in [2.45, 2.75) is 66.0 Å². The van der Waals surface area contributed by atoms with E-state index in [-0.39, 0.29) is 22.8 Å². The second-order valence-corrected chi connectivity index (χ2v) is 8.74. The van der Waals surface area contributed by atoms with Crippen molar-refractivity contribution in [2.24, 2.45) is 0 Å². The minimum absolute atomic E-state index is 0.0811. The van der Waals surface area contributed by atoms with Crippen LogP contribution in [-0.2, 0) is 19.4 Å². The number of urea groups is 1. The Morgan fingerprint density at radius 1 is 1.24 bits per heavy atom. The standard InChI is InChI=1S/C26H31ClN4O3/c1-5-18-10-12-20(13-11-18)30(16-19-9-8-17(4)28-15-19)26(32)29-25-21(6-2)23(27)14-24(31(33)34)22(25)7-3/h8-12,14-15,20H,5-7,13,16H2,1-4H3,(H,29,32). The van der Waals surface area contributed by atoms with Gasteiger partial charge in [0.1, 0.15) is 0 Å². The van der Waals surface area contributed by atoms with Crippen LogP contribution in [0, 0.1) is 17.0 Å². The van der Waals surface area contributed by atoms with E-state index in [1.54, 1.807) is 11.1 Å². The van der Waals surface area contributed by atoms with Crippen LogP contribution in [0.5, 0.6) is 0 Å². The van der Waals surface area contributed by atoms with Gasteiger partial charge in [0, 0.05) is 24.5 Å². The Hall–Kier alpha value is -3.19. The number of carbonyl (C=O) groups excluding carboxylic acids is 1. The van der Waals surface area contributed by atoms with Crippen molar-refractivity contribution in [2.75, 3.05) is 5.32 Å². The number of nitro benzene ring substituents is 1. The first kappa shape index (κ1) is 25.4. The van der Waals surface area contributed by atoms with Crippen molar-refractivity contribution in [3.05, 3.63) is 85.7 Å². The van der Waals surface area contributed by atoms with E-state index in [2.05, 4.69) is 29.4 Å². The molecule has 1 heterocycles. The van der Waals surface area contributed by atoms with Gasteiger partial charge in [-0.3, -0.25) is 15.1 Å². The summed E-state index contributed by atoms with van der Waals surface area (Å²) >= 11 is 6.40. The fourth-order valence-electron chi connectivity index (χ4n) is 4.20. The minimum Gasteiger partial charge on any atom is -0.313 e. The zero-order valence-corrected chi connectivity index (χ0v) is 20.9. The third-order valence-electron chi connectivity index (χ3n) is 6.15. The fourth-order valence-corrected chi connectivity index (χ4v) is 4.53. The molecule has 0 bridgehead atoms. The third kappa shape index (κ3) is 5.65. The number of aromatic nitrogens is 1. The van der Waals surface area contributed by atoms with E-state index in [9.17, 15) is 14.9 Å². The summed E-state index contributed by atoms with van der Waals surface area (Å²) in [7, 11) is 0. The molecule has 1 atom stereocenters. The largest absolute Gasteiger partial charge is 0.322 e. The molecule has 1 aromatic heterocycles. The molecule has 1 aromatic carbocycles. The first-order valence-electron chi connectivity index (χ1n) is 11.6. The molecule has 0 saturated heterocycles. The molecule has 7 nitrogen and oxygen atoms in total. The highest BCUT2D eigenvalue weighted by Gasteiger charge is 2.28. The van der Waals surface area contributed by atoms with E-state index in [0.717, 1.165) is 17.7 Å². The van der Waals surface area contributed by atoms with Gasteiger partial charge in [-0.2, -0.15) is 0 Å². The second kappa shape index (κ2) is 11.3. The Kier molecular flexibility index (Phi) is 8.45. The number of hydrogen-bond donors (Lipinski definition) is 1. The number of halogens is 1. The summed E-state index contributed by atoms with van der Waals surface area (Å²) < 4.78 is 0. The lowest BCUT2D eigenvalue weighted by Crippen LogP contribution is -2.42. The Bertz CT molecular complexity index is 1130. The number of aryl methyl sites for hydroxylation is 1. The molecule has 1 N–H and O–H groups in total. The summed E-state index contributed by atoms with van der Waals surface area (Å²) in [6.45, 7) is 8.12. The van der Waals surface area contributed by atoms with E-state index in [4.69, 9.17) is 11.6 Å². The number of amides is 2. The third-order valence-corrected chi connectivity index (χ3v) is 6.49. The number of allylic oxidation sites excluding steroid dienone is 2. The van der Waals surface area contributed by atoms with Crippen molar-refractivity contribution in [3.63, 3.8) is 0 Å². The van der Waals surface area contributed by atoms with Gasteiger partial charge < -0.3 is 10.2 Å². The number of carbonyl (C=O) groups is 1. The maximum absolute atomic E-state index is 13.7. The number of benzene rings is 1. The zero-order valence-electron chi connectivity index (χ0n) is 20.1. The van der Waals surface area contributed by atoms with Gasteiger partial charge in [-0.1, -0.05) is 62.2 Å². The smallest absolute Gasteiger partial charge is 0.313 e. The van der Waals surface area contributed by atoms with Crippen LogP contribution >= 0.6 is 11.6 Å². The highest BCUT2D eigenvalue weighted by atomic mass is 35.5. The SMILES string of the molecule is CCC1=CCC(N(Cc2ccc(C)nc2)C(=O)Nc2c(CC)c(Cl)cc([N+](=O)[O-])c2CC)C=C1. The molecule has 2 amide bonds. The van der Waals surface area contributed by atoms with Gasteiger partial charge in [0.25, 0.3) is 5.69 Å². The van der Waals surface area contributed by atoms with Crippen LogP contribution in [-0.4, -0.2) is 26.9 Å². The highest BCUT2D eigenvalue weighted by molar-refractivity contribution is 6.32. The molecule has 0 fully saturated rings. The molecule has 8 heteroatoms. The minimum atomic E-state index is -0.448. The molecule has 1 aliphatic rings. The van der Waals surface area contributed by atoms with E-state index in [1.807, 2.05) is 39.0 Å². The lowest BCUT2D eigenvalue weighted by atomic mass is 9.99. The lowest BCUT2D eigenvalue weighted by Gasteiger charge is -2.32. The summed E-state index contributed by atoms with van der Waals surface area (Å²) in [4.78, 5) is 31.0. The molecular formula is C26H31ClN4O3. The van der Waals surface area contributed by atoms with Crippen molar-refractivity contribution < 1.29 is 9.72 Å². The molecule has 0 spiro atoms. The van der Waals surface area contributed by atoms with Crippen LogP contribution < -0.4 is 5.32 Å². The van der Waals surface area contributed by atoms with Gasteiger partial charge >= 0.3 is 6.03 Å². The van der Waals surface area contributed by atoms with Gasteiger partial charge in [-0.05, 0) is 49.8 Å². The molecule has 1 aliphatic carbocycles. The van der Waals surface area contributed by atoms with E-state index >= 15 is 0 Å². The fraction of sp³-hybridized carbons (Fsp3) is 0.385. The number of nitrogens with zero attached hydrogens (tertiary/aromatic N) is 3. The van der Waals surface area contributed by atoms with E-state index in [1.165, 1.54) is 11.6 Å². The highest BCUT2D eigenvalue weighted by Crippen LogP contribution is 2.37. The predicted molar refractivity (Wildman–Crippen MR) is 136 cm³/mol. The Morgan fingerprint density at radius 3 is 2.50 bits per heavy atom. The second-order valence-electron chi connectivity index (χ2n) is 8.33. The summed E-state index contributed by atoms with van der Waals surface area (Å²) in [5, 5.41) is 15.0. The number of nitro groups is 1. The molecule has 0 aliphatic heterocycles.